The number of hydrogen-bond acceptors (Lipinski definition) is 8. The van der Waals surface area contributed by atoms with E-state index in [1.807, 2.05) is 0 Å². The summed E-state index contributed by atoms with van der Waals surface area (Å²) in [6.07, 6.45) is 0. The Labute approximate surface area is 134 Å². The Balaban J connectivity index is 2.30. The minimum atomic E-state index is -4.98. The zero-order chi connectivity index (χ0) is 17.8. The SMILES string of the molecule is O=C1c2ccc(OS(=O)(=O)O)c(O)c2C(=O)c2c(O)ccc(O)c21. The van der Waals surface area contributed by atoms with Gasteiger partial charge in [0.1, 0.15) is 11.5 Å². The number of fused-ring (bicyclic) bond motifs is 2. The largest absolute Gasteiger partial charge is 0.507 e. The third kappa shape index (κ3) is 2.25. The second-order valence-corrected chi connectivity index (χ2v) is 5.88. The van der Waals surface area contributed by atoms with E-state index in [4.69, 9.17) is 4.55 Å². The lowest BCUT2D eigenvalue weighted by molar-refractivity contribution is 0.0971. The fourth-order valence-corrected chi connectivity index (χ4v) is 2.83. The van der Waals surface area contributed by atoms with E-state index in [1.165, 1.54) is 0 Å². The number of phenols is 3. The molecule has 0 saturated heterocycles. The van der Waals surface area contributed by atoms with Crippen LogP contribution in [0.4, 0.5) is 0 Å². The molecule has 0 atom stereocenters. The van der Waals surface area contributed by atoms with Crippen LogP contribution in [0, 0.1) is 0 Å². The Morgan fingerprint density at radius 2 is 1.33 bits per heavy atom. The lowest BCUT2D eigenvalue weighted by Crippen LogP contribution is -2.22. The molecule has 4 N–H and O–H groups in total. The summed E-state index contributed by atoms with van der Waals surface area (Å²) in [6, 6.07) is 3.86. The molecule has 24 heavy (non-hydrogen) atoms. The number of ketones is 2. The average molecular weight is 352 g/mol. The summed E-state index contributed by atoms with van der Waals surface area (Å²) >= 11 is 0. The van der Waals surface area contributed by atoms with Crippen molar-refractivity contribution in [2.24, 2.45) is 0 Å². The second-order valence-electron chi connectivity index (χ2n) is 4.86. The molecular weight excluding hydrogens is 344 g/mol. The van der Waals surface area contributed by atoms with Crippen LogP contribution in [-0.4, -0.2) is 39.9 Å². The third-order valence-corrected chi connectivity index (χ3v) is 3.81. The molecule has 124 valence electrons. The van der Waals surface area contributed by atoms with Crippen LogP contribution in [0.15, 0.2) is 24.3 Å². The zero-order valence-corrected chi connectivity index (χ0v) is 12.4. The Hall–Kier alpha value is -3.11. The first kappa shape index (κ1) is 15.8. The predicted octanol–water partition coefficient (Wildman–Crippen LogP) is 0.760. The van der Waals surface area contributed by atoms with Crippen LogP contribution < -0.4 is 4.18 Å². The quantitative estimate of drug-likeness (QED) is 0.386. The van der Waals surface area contributed by atoms with Crippen molar-refractivity contribution in [3.8, 4) is 23.0 Å². The second kappa shape index (κ2) is 4.94. The maximum atomic E-state index is 12.5. The summed E-state index contributed by atoms with van der Waals surface area (Å²) in [5, 5.41) is 29.7. The third-order valence-electron chi connectivity index (χ3n) is 3.42. The molecule has 9 nitrogen and oxygen atoms in total. The highest BCUT2D eigenvalue weighted by molar-refractivity contribution is 7.81. The van der Waals surface area contributed by atoms with Gasteiger partial charge < -0.3 is 19.5 Å². The van der Waals surface area contributed by atoms with Gasteiger partial charge in [-0.25, -0.2) is 0 Å². The molecule has 0 amide bonds. The van der Waals surface area contributed by atoms with Crippen molar-refractivity contribution in [2.75, 3.05) is 0 Å². The van der Waals surface area contributed by atoms with Gasteiger partial charge in [-0.3, -0.25) is 14.1 Å². The first-order chi connectivity index (χ1) is 11.1. The summed E-state index contributed by atoms with van der Waals surface area (Å²) in [7, 11) is -4.98. The molecule has 2 aromatic rings. The molecule has 0 heterocycles. The molecule has 0 saturated carbocycles. The standard InChI is InChI=1S/C14H8O9S/c15-6-2-3-7(16)11-10(6)12(17)5-1-4-8(23-24(20,21)22)13(18)9(5)14(11)19/h1-4,15-16,18H,(H,20,21,22). The molecular formula is C14H8O9S. The minimum Gasteiger partial charge on any atom is -0.507 e. The molecule has 0 aromatic heterocycles. The summed E-state index contributed by atoms with van der Waals surface area (Å²) in [4.78, 5) is 24.9. The van der Waals surface area contributed by atoms with E-state index in [0.717, 1.165) is 24.3 Å². The molecule has 0 spiro atoms. The van der Waals surface area contributed by atoms with Gasteiger partial charge in [-0.15, -0.1) is 0 Å². The molecule has 0 unspecified atom stereocenters. The first-order valence-electron chi connectivity index (χ1n) is 6.29. The van der Waals surface area contributed by atoms with E-state index in [9.17, 15) is 33.3 Å². The predicted molar refractivity (Wildman–Crippen MR) is 76.9 cm³/mol. The van der Waals surface area contributed by atoms with E-state index in [-0.39, 0.29) is 5.56 Å². The van der Waals surface area contributed by atoms with Crippen molar-refractivity contribution < 1.29 is 42.1 Å². The van der Waals surface area contributed by atoms with Gasteiger partial charge in [-0.1, -0.05) is 0 Å². The van der Waals surface area contributed by atoms with Crippen molar-refractivity contribution in [3.63, 3.8) is 0 Å². The number of hydrogen-bond donors (Lipinski definition) is 4. The average Bonchev–Trinajstić information content (AvgIpc) is 2.47. The highest BCUT2D eigenvalue weighted by Crippen LogP contribution is 2.43. The van der Waals surface area contributed by atoms with Crippen molar-refractivity contribution >= 4 is 22.0 Å². The fourth-order valence-electron chi connectivity index (χ4n) is 2.47. The molecule has 1 aliphatic carbocycles. The molecule has 3 rings (SSSR count). The number of benzene rings is 2. The summed E-state index contributed by atoms with van der Waals surface area (Å²) in [5.74, 6) is -4.80. The van der Waals surface area contributed by atoms with Crippen LogP contribution in [0.1, 0.15) is 31.8 Å². The smallest absolute Gasteiger partial charge is 0.446 e. The normalized spacial score (nSPS) is 13.4. The summed E-state index contributed by atoms with van der Waals surface area (Å²) in [6.45, 7) is 0. The summed E-state index contributed by atoms with van der Waals surface area (Å²) < 4.78 is 34.3. The van der Waals surface area contributed by atoms with Gasteiger partial charge in [0.05, 0.1) is 16.7 Å². The van der Waals surface area contributed by atoms with Gasteiger partial charge in [-0.2, -0.15) is 8.42 Å². The highest BCUT2D eigenvalue weighted by atomic mass is 32.3. The minimum absolute atomic E-state index is 0.325. The monoisotopic (exact) mass is 352 g/mol. The van der Waals surface area contributed by atoms with Gasteiger partial charge in [0.15, 0.2) is 17.3 Å². The van der Waals surface area contributed by atoms with Crippen LogP contribution in [0.5, 0.6) is 23.0 Å². The van der Waals surface area contributed by atoms with Crippen molar-refractivity contribution in [3.05, 3.63) is 46.5 Å². The van der Waals surface area contributed by atoms with E-state index in [2.05, 4.69) is 4.18 Å². The van der Waals surface area contributed by atoms with Crippen LogP contribution in [-0.2, 0) is 10.4 Å². The fraction of sp³-hybridized carbons (Fsp3) is 0. The molecule has 2 aromatic carbocycles. The van der Waals surface area contributed by atoms with Gasteiger partial charge in [0, 0.05) is 5.56 Å². The zero-order valence-electron chi connectivity index (χ0n) is 11.5. The maximum Gasteiger partial charge on any atom is 0.446 e. The molecule has 1 aliphatic rings. The van der Waals surface area contributed by atoms with E-state index in [0.29, 0.717) is 0 Å². The maximum absolute atomic E-state index is 12.5. The van der Waals surface area contributed by atoms with Crippen molar-refractivity contribution in [1.82, 2.24) is 0 Å². The van der Waals surface area contributed by atoms with Crippen LogP contribution in [0.25, 0.3) is 0 Å². The van der Waals surface area contributed by atoms with Crippen molar-refractivity contribution in [1.29, 1.82) is 0 Å². The Kier molecular flexibility index (Phi) is 3.25. The molecule has 10 heteroatoms. The number of aromatic hydroxyl groups is 3. The van der Waals surface area contributed by atoms with Crippen LogP contribution >= 0.6 is 0 Å². The van der Waals surface area contributed by atoms with Crippen LogP contribution in [0.2, 0.25) is 0 Å². The van der Waals surface area contributed by atoms with E-state index >= 15 is 0 Å². The molecule has 0 aliphatic heterocycles. The molecule has 0 fully saturated rings. The Morgan fingerprint density at radius 1 is 0.792 bits per heavy atom. The van der Waals surface area contributed by atoms with Crippen molar-refractivity contribution in [2.45, 2.75) is 0 Å². The summed E-state index contributed by atoms with van der Waals surface area (Å²) in [5.41, 5.74) is -1.91. The Morgan fingerprint density at radius 3 is 1.88 bits per heavy atom. The lowest BCUT2D eigenvalue weighted by atomic mass is 9.82. The number of carbonyl (C=O) groups excluding carboxylic acids is 2. The molecule has 0 bridgehead atoms. The number of rotatable bonds is 2. The topological polar surface area (TPSA) is 158 Å². The van der Waals surface area contributed by atoms with Crippen LogP contribution in [0.3, 0.4) is 0 Å². The molecule has 0 radical (unpaired) electrons. The van der Waals surface area contributed by atoms with Gasteiger partial charge in [-0.05, 0) is 24.3 Å². The van der Waals surface area contributed by atoms with E-state index in [1.54, 1.807) is 0 Å². The van der Waals surface area contributed by atoms with Gasteiger partial charge >= 0.3 is 10.4 Å². The Bertz CT molecular complexity index is 1020. The number of carbonyl (C=O) groups is 2. The first-order valence-corrected chi connectivity index (χ1v) is 7.65. The highest BCUT2D eigenvalue weighted by Gasteiger charge is 2.37. The van der Waals surface area contributed by atoms with Gasteiger partial charge in [0.2, 0.25) is 5.78 Å². The van der Waals surface area contributed by atoms with Gasteiger partial charge in [0.25, 0.3) is 0 Å². The number of phenolic OH excluding ortho intramolecular Hbond substituents is 3. The van der Waals surface area contributed by atoms with E-state index < -0.39 is 61.7 Å². The lowest BCUT2D eigenvalue weighted by Gasteiger charge is -2.20.